The molecule has 2 aliphatic rings. The van der Waals surface area contributed by atoms with Crippen molar-refractivity contribution in [3.8, 4) is 11.3 Å². The first-order valence-electron chi connectivity index (χ1n) is 11.8. The number of carbonyl (C=O) groups excluding carboxylic acids is 1. The fraction of sp³-hybridized carbons (Fsp3) is 0.440. The Labute approximate surface area is 196 Å². The molecule has 0 bridgehead atoms. The van der Waals surface area contributed by atoms with Crippen molar-refractivity contribution in [3.05, 3.63) is 42.9 Å². The summed E-state index contributed by atoms with van der Waals surface area (Å²) in [7, 11) is 0. The number of pyridine rings is 1. The normalized spacial score (nSPS) is 19.1. The van der Waals surface area contributed by atoms with Gasteiger partial charge in [-0.1, -0.05) is 12.1 Å². The molecular formula is C25H28F2N6O. The predicted molar refractivity (Wildman–Crippen MR) is 128 cm³/mol. The molecule has 0 spiro atoms. The SMILES string of the molecule is O=C(Nc1cc2cc(-c3cncc(NC4CCNCC4)n3)ccc2cn1)C1CCC(F)(F)CC1. The second kappa shape index (κ2) is 9.58. The molecule has 34 heavy (non-hydrogen) atoms. The van der Waals surface area contributed by atoms with Crippen LogP contribution in [0.3, 0.4) is 0 Å². The molecule has 7 nitrogen and oxygen atoms in total. The van der Waals surface area contributed by atoms with Gasteiger partial charge < -0.3 is 16.0 Å². The summed E-state index contributed by atoms with van der Waals surface area (Å²) in [5, 5.41) is 11.5. The molecule has 5 rings (SSSR count). The summed E-state index contributed by atoms with van der Waals surface area (Å²) in [5.41, 5.74) is 1.67. The maximum absolute atomic E-state index is 13.4. The van der Waals surface area contributed by atoms with E-state index >= 15 is 0 Å². The minimum Gasteiger partial charge on any atom is -0.366 e. The third kappa shape index (κ3) is 5.30. The van der Waals surface area contributed by atoms with Crippen LogP contribution in [0.2, 0.25) is 0 Å². The molecule has 3 heterocycles. The third-order valence-corrected chi connectivity index (χ3v) is 6.68. The Hall–Kier alpha value is -3.20. The maximum Gasteiger partial charge on any atom is 0.248 e. The van der Waals surface area contributed by atoms with Gasteiger partial charge in [-0.25, -0.2) is 18.7 Å². The van der Waals surface area contributed by atoms with Gasteiger partial charge in [0.1, 0.15) is 11.6 Å². The van der Waals surface area contributed by atoms with Gasteiger partial charge in [0.05, 0.1) is 18.1 Å². The number of aromatic nitrogens is 3. The van der Waals surface area contributed by atoms with E-state index < -0.39 is 11.8 Å². The van der Waals surface area contributed by atoms with Gasteiger partial charge in [-0.15, -0.1) is 0 Å². The van der Waals surface area contributed by atoms with Crippen molar-refractivity contribution in [2.75, 3.05) is 23.7 Å². The van der Waals surface area contributed by atoms with E-state index in [1.165, 1.54) is 0 Å². The molecule has 1 amide bonds. The van der Waals surface area contributed by atoms with Crippen molar-refractivity contribution < 1.29 is 13.6 Å². The zero-order valence-corrected chi connectivity index (χ0v) is 18.9. The molecular weight excluding hydrogens is 438 g/mol. The van der Waals surface area contributed by atoms with Crippen LogP contribution in [0.15, 0.2) is 42.9 Å². The molecule has 0 atom stereocenters. The Kier molecular flexibility index (Phi) is 6.36. The molecule has 2 aromatic heterocycles. The number of piperidine rings is 1. The lowest BCUT2D eigenvalue weighted by Crippen LogP contribution is -2.35. The lowest BCUT2D eigenvalue weighted by atomic mass is 9.86. The first-order chi connectivity index (χ1) is 16.4. The van der Waals surface area contributed by atoms with E-state index in [0.717, 1.165) is 53.8 Å². The summed E-state index contributed by atoms with van der Waals surface area (Å²) in [6, 6.07) is 8.12. The van der Waals surface area contributed by atoms with Crippen LogP contribution in [-0.2, 0) is 4.79 Å². The standard InChI is InChI=1S/C25H28F2N6O/c26-25(27)7-3-16(4-8-25)24(34)33-22-12-19-11-17(1-2-18(19)13-30-22)21-14-29-15-23(32-21)31-20-5-9-28-10-6-20/h1-2,11-16,20,28H,3-10H2,(H,31,32)(H,30,33,34). The van der Waals surface area contributed by atoms with Crippen LogP contribution in [-0.4, -0.2) is 45.9 Å². The van der Waals surface area contributed by atoms with Crippen LogP contribution in [0, 0.1) is 5.92 Å². The quantitative estimate of drug-likeness (QED) is 0.508. The topological polar surface area (TPSA) is 91.8 Å². The molecule has 0 radical (unpaired) electrons. The number of nitrogens with one attached hydrogen (secondary N) is 3. The fourth-order valence-corrected chi connectivity index (χ4v) is 4.65. The summed E-state index contributed by atoms with van der Waals surface area (Å²) in [6.07, 6.45) is 7.17. The summed E-state index contributed by atoms with van der Waals surface area (Å²) in [4.78, 5) is 26.0. The van der Waals surface area contributed by atoms with Crippen molar-refractivity contribution in [2.45, 2.75) is 50.5 Å². The van der Waals surface area contributed by atoms with E-state index in [1.54, 1.807) is 24.7 Å². The third-order valence-electron chi connectivity index (χ3n) is 6.68. The smallest absolute Gasteiger partial charge is 0.248 e. The number of hydrogen-bond donors (Lipinski definition) is 3. The molecule has 3 aromatic rings. The van der Waals surface area contributed by atoms with E-state index in [4.69, 9.17) is 4.98 Å². The minimum atomic E-state index is -2.66. The molecule has 9 heteroatoms. The highest BCUT2D eigenvalue weighted by Crippen LogP contribution is 2.36. The van der Waals surface area contributed by atoms with Gasteiger partial charge in [-0.2, -0.15) is 0 Å². The molecule has 1 saturated heterocycles. The number of amides is 1. The number of halogens is 2. The van der Waals surface area contributed by atoms with Crippen molar-refractivity contribution in [3.63, 3.8) is 0 Å². The monoisotopic (exact) mass is 466 g/mol. The van der Waals surface area contributed by atoms with E-state index in [0.29, 0.717) is 11.9 Å². The molecule has 3 N–H and O–H groups in total. The van der Waals surface area contributed by atoms with E-state index in [1.807, 2.05) is 18.2 Å². The van der Waals surface area contributed by atoms with Gasteiger partial charge in [0.2, 0.25) is 11.8 Å². The van der Waals surface area contributed by atoms with Crippen molar-refractivity contribution >= 4 is 28.3 Å². The molecule has 1 aromatic carbocycles. The number of fused-ring (bicyclic) bond motifs is 1. The number of anilines is 2. The first kappa shape index (κ1) is 22.6. The molecule has 1 saturated carbocycles. The Morgan fingerprint density at radius 3 is 2.56 bits per heavy atom. The Balaban J connectivity index is 1.31. The molecule has 0 unspecified atom stereocenters. The van der Waals surface area contributed by atoms with Crippen LogP contribution < -0.4 is 16.0 Å². The highest BCUT2D eigenvalue weighted by atomic mass is 19.3. The Morgan fingerprint density at radius 1 is 0.971 bits per heavy atom. The minimum absolute atomic E-state index is 0.191. The average molecular weight is 467 g/mol. The summed E-state index contributed by atoms with van der Waals surface area (Å²) in [5.74, 6) is -2.14. The molecule has 1 aliphatic heterocycles. The average Bonchev–Trinajstić information content (AvgIpc) is 2.84. The first-order valence-corrected chi connectivity index (χ1v) is 11.8. The van der Waals surface area contributed by atoms with Gasteiger partial charge in [-0.05, 0) is 56.3 Å². The Bertz CT molecular complexity index is 1170. The van der Waals surface area contributed by atoms with Gasteiger partial charge >= 0.3 is 0 Å². The summed E-state index contributed by atoms with van der Waals surface area (Å²) < 4.78 is 26.8. The fourth-order valence-electron chi connectivity index (χ4n) is 4.65. The number of rotatable bonds is 5. The maximum atomic E-state index is 13.4. The van der Waals surface area contributed by atoms with Crippen LogP contribution in [0.5, 0.6) is 0 Å². The lowest BCUT2D eigenvalue weighted by Gasteiger charge is -2.27. The Morgan fingerprint density at radius 2 is 1.76 bits per heavy atom. The zero-order valence-electron chi connectivity index (χ0n) is 18.9. The van der Waals surface area contributed by atoms with Crippen molar-refractivity contribution in [1.29, 1.82) is 0 Å². The predicted octanol–water partition coefficient (Wildman–Crippen LogP) is 4.62. The molecule has 1 aliphatic carbocycles. The van der Waals surface area contributed by atoms with Crippen LogP contribution >= 0.6 is 0 Å². The van der Waals surface area contributed by atoms with Crippen molar-refractivity contribution in [1.82, 2.24) is 20.3 Å². The van der Waals surface area contributed by atoms with Crippen molar-refractivity contribution in [2.24, 2.45) is 5.92 Å². The van der Waals surface area contributed by atoms with E-state index in [-0.39, 0.29) is 31.6 Å². The number of alkyl halides is 2. The van der Waals surface area contributed by atoms with Gasteiger partial charge in [0.15, 0.2) is 0 Å². The zero-order chi connectivity index (χ0) is 23.5. The van der Waals surface area contributed by atoms with Crippen LogP contribution in [0.1, 0.15) is 38.5 Å². The highest BCUT2D eigenvalue weighted by molar-refractivity contribution is 5.95. The van der Waals surface area contributed by atoms with Gasteiger partial charge in [0.25, 0.3) is 0 Å². The number of carbonyl (C=O) groups is 1. The number of hydrogen-bond acceptors (Lipinski definition) is 6. The summed E-state index contributed by atoms with van der Waals surface area (Å²) in [6.45, 7) is 1.99. The number of nitrogens with zero attached hydrogens (tertiary/aromatic N) is 3. The number of benzene rings is 1. The van der Waals surface area contributed by atoms with Crippen LogP contribution in [0.25, 0.3) is 22.0 Å². The van der Waals surface area contributed by atoms with Gasteiger partial charge in [-0.3, -0.25) is 9.78 Å². The second-order valence-corrected chi connectivity index (χ2v) is 9.21. The highest BCUT2D eigenvalue weighted by Gasteiger charge is 2.37. The lowest BCUT2D eigenvalue weighted by molar-refractivity contribution is -0.124. The van der Waals surface area contributed by atoms with Gasteiger partial charge in [0, 0.05) is 41.9 Å². The summed E-state index contributed by atoms with van der Waals surface area (Å²) >= 11 is 0. The van der Waals surface area contributed by atoms with E-state index in [9.17, 15) is 13.6 Å². The second-order valence-electron chi connectivity index (χ2n) is 9.21. The van der Waals surface area contributed by atoms with E-state index in [2.05, 4.69) is 25.9 Å². The largest absolute Gasteiger partial charge is 0.366 e. The van der Waals surface area contributed by atoms with Crippen LogP contribution in [0.4, 0.5) is 20.4 Å². The molecule has 2 fully saturated rings. The molecule has 178 valence electrons.